The summed E-state index contributed by atoms with van der Waals surface area (Å²) < 4.78 is 0. The molecule has 0 radical (unpaired) electrons. The summed E-state index contributed by atoms with van der Waals surface area (Å²) in [6.45, 7) is 0. The van der Waals surface area contributed by atoms with E-state index in [-0.39, 0.29) is 0 Å². The molecule has 1 saturated heterocycles. The van der Waals surface area contributed by atoms with Crippen LogP contribution in [0.3, 0.4) is 0 Å². The molecule has 0 spiro atoms. The standard InChI is InChI=1S/C17H24N2/c1-18-16(14-9-5-3-6-10-14)13-17(19(18)2)15-11-7-4-8-12-15/h3,5-6,9-11,16-17H,4,7-8,12-13H2,1-2H3. The van der Waals surface area contributed by atoms with Gasteiger partial charge in [0.1, 0.15) is 0 Å². The first-order chi connectivity index (χ1) is 9.27. The van der Waals surface area contributed by atoms with Crippen molar-refractivity contribution in [2.45, 2.75) is 44.2 Å². The van der Waals surface area contributed by atoms with Crippen molar-refractivity contribution in [2.24, 2.45) is 0 Å². The highest BCUT2D eigenvalue weighted by Gasteiger charge is 2.37. The fourth-order valence-electron chi connectivity index (χ4n) is 3.54. The predicted molar refractivity (Wildman–Crippen MR) is 79.7 cm³/mol. The van der Waals surface area contributed by atoms with Crippen molar-refractivity contribution < 1.29 is 0 Å². The summed E-state index contributed by atoms with van der Waals surface area (Å²) in [7, 11) is 4.46. The van der Waals surface area contributed by atoms with Crippen molar-refractivity contribution in [1.29, 1.82) is 0 Å². The molecule has 0 amide bonds. The van der Waals surface area contributed by atoms with Crippen LogP contribution >= 0.6 is 0 Å². The molecule has 3 rings (SSSR count). The van der Waals surface area contributed by atoms with E-state index >= 15 is 0 Å². The Bertz CT molecular complexity index is 452. The lowest BCUT2D eigenvalue weighted by molar-refractivity contribution is 0.0333. The third kappa shape index (κ3) is 2.47. The minimum Gasteiger partial charge on any atom is -0.237 e. The molecule has 1 heterocycles. The van der Waals surface area contributed by atoms with Crippen LogP contribution < -0.4 is 0 Å². The van der Waals surface area contributed by atoms with Gasteiger partial charge < -0.3 is 0 Å². The molecule has 2 nitrogen and oxygen atoms in total. The molecular weight excluding hydrogens is 232 g/mol. The maximum Gasteiger partial charge on any atom is 0.0510 e. The molecule has 0 saturated carbocycles. The van der Waals surface area contributed by atoms with Gasteiger partial charge in [0.05, 0.1) is 6.04 Å². The fourth-order valence-corrected chi connectivity index (χ4v) is 3.54. The summed E-state index contributed by atoms with van der Waals surface area (Å²) in [5.74, 6) is 0. The van der Waals surface area contributed by atoms with Crippen LogP contribution in [0.15, 0.2) is 42.0 Å². The van der Waals surface area contributed by atoms with Gasteiger partial charge in [0.25, 0.3) is 0 Å². The number of rotatable bonds is 2. The fraction of sp³-hybridized carbons (Fsp3) is 0.529. The van der Waals surface area contributed by atoms with E-state index in [0.29, 0.717) is 12.1 Å². The second-order valence-corrected chi connectivity index (χ2v) is 5.85. The molecule has 0 N–H and O–H groups in total. The van der Waals surface area contributed by atoms with Crippen LogP contribution in [0, 0.1) is 0 Å². The van der Waals surface area contributed by atoms with Gasteiger partial charge in [-0.25, -0.2) is 10.0 Å². The zero-order chi connectivity index (χ0) is 13.2. The number of benzene rings is 1. The Kier molecular flexibility index (Phi) is 3.72. The Morgan fingerprint density at radius 2 is 1.68 bits per heavy atom. The largest absolute Gasteiger partial charge is 0.237 e. The number of likely N-dealkylation sites (N-methyl/N-ethyl adjacent to an activating group) is 1. The number of hydrogen-bond acceptors (Lipinski definition) is 2. The van der Waals surface area contributed by atoms with Crippen molar-refractivity contribution in [3.8, 4) is 0 Å². The van der Waals surface area contributed by atoms with E-state index in [1.807, 2.05) is 0 Å². The third-order valence-corrected chi connectivity index (χ3v) is 4.78. The summed E-state index contributed by atoms with van der Waals surface area (Å²) >= 11 is 0. The van der Waals surface area contributed by atoms with Gasteiger partial charge in [-0.1, -0.05) is 42.0 Å². The van der Waals surface area contributed by atoms with Crippen LogP contribution in [0.25, 0.3) is 0 Å². The normalized spacial score (nSPS) is 29.5. The second-order valence-electron chi connectivity index (χ2n) is 5.85. The van der Waals surface area contributed by atoms with Crippen molar-refractivity contribution in [2.75, 3.05) is 14.1 Å². The van der Waals surface area contributed by atoms with Crippen LogP contribution in [0.2, 0.25) is 0 Å². The second kappa shape index (κ2) is 5.48. The van der Waals surface area contributed by atoms with Crippen LogP contribution in [0.4, 0.5) is 0 Å². The summed E-state index contributed by atoms with van der Waals surface area (Å²) in [5.41, 5.74) is 3.11. The highest BCUT2D eigenvalue weighted by Crippen LogP contribution is 2.38. The number of hydrazine groups is 1. The topological polar surface area (TPSA) is 6.48 Å². The van der Waals surface area contributed by atoms with Gasteiger partial charge in [-0.2, -0.15) is 0 Å². The summed E-state index contributed by atoms with van der Waals surface area (Å²) in [6.07, 6.45) is 9.03. The smallest absolute Gasteiger partial charge is 0.0510 e. The first-order valence-corrected chi connectivity index (χ1v) is 7.47. The molecule has 1 aliphatic carbocycles. The van der Waals surface area contributed by atoms with Crippen LogP contribution in [-0.2, 0) is 0 Å². The monoisotopic (exact) mass is 256 g/mol. The Morgan fingerprint density at radius 3 is 2.37 bits per heavy atom. The molecule has 2 heteroatoms. The molecular formula is C17H24N2. The van der Waals surface area contributed by atoms with Gasteiger partial charge in [0, 0.05) is 20.1 Å². The average molecular weight is 256 g/mol. The number of hydrogen-bond donors (Lipinski definition) is 0. The van der Waals surface area contributed by atoms with Crippen molar-refractivity contribution in [1.82, 2.24) is 10.0 Å². The number of allylic oxidation sites excluding steroid dienone is 1. The summed E-state index contributed by atoms with van der Waals surface area (Å²) in [6, 6.07) is 12.0. The van der Waals surface area contributed by atoms with Crippen LogP contribution in [0.5, 0.6) is 0 Å². The van der Waals surface area contributed by atoms with Gasteiger partial charge in [-0.05, 0) is 37.7 Å². The Morgan fingerprint density at radius 1 is 0.947 bits per heavy atom. The van der Waals surface area contributed by atoms with E-state index in [1.165, 1.54) is 37.7 Å². The average Bonchev–Trinajstić information content (AvgIpc) is 2.77. The van der Waals surface area contributed by atoms with Gasteiger partial charge in [0.2, 0.25) is 0 Å². The van der Waals surface area contributed by atoms with Gasteiger partial charge in [0.15, 0.2) is 0 Å². The molecule has 2 atom stereocenters. The maximum atomic E-state index is 2.49. The highest BCUT2D eigenvalue weighted by atomic mass is 15.6. The molecule has 0 bridgehead atoms. The third-order valence-electron chi connectivity index (χ3n) is 4.78. The maximum absolute atomic E-state index is 2.49. The Hall–Kier alpha value is -1.12. The van der Waals surface area contributed by atoms with Crippen molar-refractivity contribution in [3.05, 3.63) is 47.5 Å². The molecule has 1 aromatic rings. The lowest BCUT2D eigenvalue weighted by Crippen LogP contribution is -2.36. The number of nitrogens with zero attached hydrogens (tertiary/aromatic N) is 2. The van der Waals surface area contributed by atoms with E-state index in [1.54, 1.807) is 5.57 Å². The predicted octanol–water partition coefficient (Wildman–Crippen LogP) is 3.78. The SMILES string of the molecule is CN1C(C2=CCCCC2)CC(c2ccccc2)N1C. The zero-order valence-corrected chi connectivity index (χ0v) is 12.0. The first kappa shape index (κ1) is 12.9. The zero-order valence-electron chi connectivity index (χ0n) is 12.0. The van der Waals surface area contributed by atoms with Crippen molar-refractivity contribution >= 4 is 0 Å². The summed E-state index contributed by atoms with van der Waals surface area (Å²) in [4.78, 5) is 0. The van der Waals surface area contributed by atoms with E-state index < -0.39 is 0 Å². The molecule has 1 aliphatic heterocycles. The lowest BCUT2D eigenvalue weighted by atomic mass is 9.90. The lowest BCUT2D eigenvalue weighted by Gasteiger charge is -2.29. The molecule has 1 aromatic carbocycles. The van der Waals surface area contributed by atoms with E-state index in [2.05, 4.69) is 60.5 Å². The highest BCUT2D eigenvalue weighted by molar-refractivity contribution is 5.23. The van der Waals surface area contributed by atoms with Gasteiger partial charge >= 0.3 is 0 Å². The van der Waals surface area contributed by atoms with E-state index in [9.17, 15) is 0 Å². The molecule has 19 heavy (non-hydrogen) atoms. The molecule has 102 valence electrons. The minimum atomic E-state index is 0.527. The molecule has 2 unspecified atom stereocenters. The Balaban J connectivity index is 1.81. The quantitative estimate of drug-likeness (QED) is 0.743. The van der Waals surface area contributed by atoms with Gasteiger partial charge in [-0.15, -0.1) is 0 Å². The van der Waals surface area contributed by atoms with Gasteiger partial charge in [-0.3, -0.25) is 0 Å². The summed E-state index contributed by atoms with van der Waals surface area (Å²) in [5, 5.41) is 4.85. The van der Waals surface area contributed by atoms with E-state index in [0.717, 1.165) is 0 Å². The molecule has 0 aromatic heterocycles. The van der Waals surface area contributed by atoms with E-state index in [4.69, 9.17) is 0 Å². The Labute approximate surface area is 116 Å². The first-order valence-electron chi connectivity index (χ1n) is 7.47. The van der Waals surface area contributed by atoms with Crippen LogP contribution in [-0.4, -0.2) is 30.2 Å². The molecule has 2 aliphatic rings. The minimum absolute atomic E-state index is 0.527. The van der Waals surface area contributed by atoms with Crippen molar-refractivity contribution in [3.63, 3.8) is 0 Å². The molecule has 1 fully saturated rings. The van der Waals surface area contributed by atoms with Crippen LogP contribution in [0.1, 0.15) is 43.7 Å².